The molecule has 2 aromatic rings. The zero-order valence-corrected chi connectivity index (χ0v) is 21.7. The highest BCUT2D eigenvalue weighted by Gasteiger charge is 2.48. The molecule has 2 aliphatic rings. The molecule has 0 radical (unpaired) electrons. The van der Waals surface area contributed by atoms with E-state index in [9.17, 15) is 15.0 Å². The van der Waals surface area contributed by atoms with Crippen LogP contribution in [0.25, 0.3) is 0 Å². The summed E-state index contributed by atoms with van der Waals surface area (Å²) >= 11 is 7.43. The third-order valence-electron chi connectivity index (χ3n) is 7.08. The zero-order chi connectivity index (χ0) is 25.2. The van der Waals surface area contributed by atoms with E-state index in [1.807, 2.05) is 6.07 Å². The minimum absolute atomic E-state index is 0.0198. The van der Waals surface area contributed by atoms with Gasteiger partial charge in [0.15, 0.2) is 5.16 Å². The number of halogens is 1. The van der Waals surface area contributed by atoms with Crippen LogP contribution in [0, 0.1) is 5.92 Å². The highest BCUT2D eigenvalue weighted by atomic mass is 35.5. The van der Waals surface area contributed by atoms with Crippen molar-refractivity contribution in [2.75, 3.05) is 14.2 Å². The molecule has 2 N–H and O–H groups in total. The van der Waals surface area contributed by atoms with Gasteiger partial charge in [-0.1, -0.05) is 24.4 Å². The molecule has 0 saturated heterocycles. The summed E-state index contributed by atoms with van der Waals surface area (Å²) in [7, 11) is 4.90. The Kier molecular flexibility index (Phi) is 7.88. The number of hydrogen-bond acceptors (Lipinski definition) is 8. The van der Waals surface area contributed by atoms with Gasteiger partial charge in [-0.25, -0.2) is 9.78 Å². The second-order valence-corrected chi connectivity index (χ2v) is 10.4. The van der Waals surface area contributed by atoms with Crippen molar-refractivity contribution >= 4 is 29.3 Å². The predicted molar refractivity (Wildman–Crippen MR) is 133 cm³/mol. The third-order valence-corrected chi connectivity index (χ3v) is 8.54. The van der Waals surface area contributed by atoms with Gasteiger partial charge in [-0.2, -0.15) is 0 Å². The standard InChI is InChI=1S/C25H31ClN2O6S/c1-28-17(14-29)13-27-24(28)35-22-19(30)12-25(34-23(22)31,16-6-4-5-7-16)9-8-15-10-18(26)21(33-3)11-20(15)32-2/h10-11,13,16,29-30H,4-9,12,14H2,1-3H3. The van der Waals surface area contributed by atoms with E-state index in [0.29, 0.717) is 40.2 Å². The summed E-state index contributed by atoms with van der Waals surface area (Å²) in [5.41, 5.74) is 0.695. The normalized spacial score (nSPS) is 20.9. The second-order valence-electron chi connectivity index (χ2n) is 9.04. The lowest BCUT2D eigenvalue weighted by atomic mass is 9.77. The molecule has 0 spiro atoms. The maximum atomic E-state index is 13.2. The number of rotatable bonds is 9. The Balaban J connectivity index is 1.61. The molecule has 0 bridgehead atoms. The van der Waals surface area contributed by atoms with Crippen LogP contribution in [0.5, 0.6) is 11.5 Å². The number of aryl methyl sites for hydroxylation is 1. The van der Waals surface area contributed by atoms with Gasteiger partial charge >= 0.3 is 5.97 Å². The van der Waals surface area contributed by atoms with Crippen molar-refractivity contribution in [2.24, 2.45) is 13.0 Å². The van der Waals surface area contributed by atoms with Crippen LogP contribution in [0.15, 0.2) is 34.2 Å². The Hall–Kier alpha value is -2.36. The van der Waals surface area contributed by atoms with E-state index >= 15 is 0 Å². The van der Waals surface area contributed by atoms with E-state index in [0.717, 1.165) is 43.0 Å². The van der Waals surface area contributed by atoms with Gasteiger partial charge in [0.1, 0.15) is 27.8 Å². The summed E-state index contributed by atoms with van der Waals surface area (Å²) < 4.78 is 18.7. The van der Waals surface area contributed by atoms with E-state index in [1.54, 1.807) is 38.1 Å². The molecule has 1 saturated carbocycles. The van der Waals surface area contributed by atoms with Crippen molar-refractivity contribution in [1.82, 2.24) is 9.55 Å². The fraction of sp³-hybridized carbons (Fsp3) is 0.520. The van der Waals surface area contributed by atoms with Gasteiger partial charge in [0.25, 0.3) is 0 Å². The number of benzene rings is 1. The summed E-state index contributed by atoms with van der Waals surface area (Å²) in [5.74, 6) is 0.822. The SMILES string of the molecule is COc1cc(OC)c(CCC2(C3CCCC3)CC(O)=C(Sc3ncc(CO)n3C)C(=O)O2)cc1Cl. The van der Waals surface area contributed by atoms with Crippen LogP contribution < -0.4 is 9.47 Å². The summed E-state index contributed by atoms with van der Waals surface area (Å²) in [6, 6.07) is 3.58. The number of cyclic esters (lactones) is 1. The summed E-state index contributed by atoms with van der Waals surface area (Å²) in [5, 5.41) is 21.5. The molecule has 4 rings (SSSR count). The van der Waals surface area contributed by atoms with Crippen LogP contribution in [0.3, 0.4) is 0 Å². The smallest absolute Gasteiger partial charge is 0.349 e. The fourth-order valence-corrected chi connectivity index (χ4v) is 6.22. The monoisotopic (exact) mass is 522 g/mol. The Morgan fingerprint density at radius 1 is 1.26 bits per heavy atom. The summed E-state index contributed by atoms with van der Waals surface area (Å²) in [6.45, 7) is -0.164. The maximum absolute atomic E-state index is 13.2. The fourth-order valence-electron chi connectivity index (χ4n) is 5.10. The van der Waals surface area contributed by atoms with Gasteiger partial charge < -0.3 is 29.0 Å². The summed E-state index contributed by atoms with van der Waals surface area (Å²) in [4.78, 5) is 17.6. The molecule has 1 aromatic carbocycles. The van der Waals surface area contributed by atoms with Gasteiger partial charge in [0, 0.05) is 19.5 Å². The number of hydrogen-bond donors (Lipinski definition) is 2. The van der Waals surface area contributed by atoms with Crippen LogP contribution in [-0.2, 0) is 29.6 Å². The van der Waals surface area contributed by atoms with E-state index < -0.39 is 11.6 Å². The number of ether oxygens (including phenoxy) is 3. The van der Waals surface area contributed by atoms with Crippen LogP contribution in [0.2, 0.25) is 5.02 Å². The molecule has 190 valence electrons. The highest BCUT2D eigenvalue weighted by Crippen LogP contribution is 2.48. The number of nitrogens with zero attached hydrogens (tertiary/aromatic N) is 2. The Morgan fingerprint density at radius 3 is 2.57 bits per heavy atom. The first-order valence-electron chi connectivity index (χ1n) is 11.7. The molecule has 8 nitrogen and oxygen atoms in total. The van der Waals surface area contributed by atoms with Crippen molar-refractivity contribution in [1.29, 1.82) is 0 Å². The molecule has 1 atom stereocenters. The number of aromatic nitrogens is 2. The van der Waals surface area contributed by atoms with Gasteiger partial charge in [-0.15, -0.1) is 0 Å². The number of imidazole rings is 1. The largest absolute Gasteiger partial charge is 0.511 e. The second kappa shape index (κ2) is 10.7. The lowest BCUT2D eigenvalue weighted by Crippen LogP contribution is -2.45. The number of aliphatic hydroxyl groups excluding tert-OH is 2. The van der Waals surface area contributed by atoms with E-state index in [2.05, 4.69) is 4.98 Å². The van der Waals surface area contributed by atoms with Gasteiger partial charge in [0.05, 0.1) is 37.7 Å². The number of methoxy groups -OCH3 is 2. The minimum Gasteiger partial charge on any atom is -0.511 e. The Bertz CT molecular complexity index is 1130. The average molecular weight is 523 g/mol. The molecule has 1 unspecified atom stereocenters. The molecular formula is C25H31ClN2O6S. The number of carbonyl (C=O) groups is 1. The number of esters is 1. The van der Waals surface area contributed by atoms with Gasteiger partial charge in [-0.05, 0) is 55.0 Å². The first-order valence-corrected chi connectivity index (χ1v) is 12.9. The molecule has 1 aromatic heterocycles. The quantitative estimate of drug-likeness (QED) is 0.446. The maximum Gasteiger partial charge on any atom is 0.349 e. The predicted octanol–water partition coefficient (Wildman–Crippen LogP) is 4.95. The van der Waals surface area contributed by atoms with Crippen molar-refractivity contribution in [3.8, 4) is 11.5 Å². The van der Waals surface area contributed by atoms with E-state index in [4.69, 9.17) is 25.8 Å². The van der Waals surface area contributed by atoms with Crippen molar-refractivity contribution < 1.29 is 29.2 Å². The highest BCUT2D eigenvalue weighted by molar-refractivity contribution is 8.03. The van der Waals surface area contributed by atoms with Crippen LogP contribution in [0.1, 0.15) is 49.8 Å². The van der Waals surface area contributed by atoms with Crippen LogP contribution in [-0.4, -0.2) is 45.6 Å². The molecule has 1 aliphatic heterocycles. The number of carbonyl (C=O) groups excluding carboxylic acids is 1. The van der Waals surface area contributed by atoms with E-state index in [1.165, 1.54) is 0 Å². The third kappa shape index (κ3) is 5.13. The van der Waals surface area contributed by atoms with Crippen molar-refractivity contribution in [3.05, 3.63) is 45.3 Å². The van der Waals surface area contributed by atoms with Crippen LogP contribution >= 0.6 is 23.4 Å². The van der Waals surface area contributed by atoms with Crippen molar-refractivity contribution in [2.45, 2.75) is 62.3 Å². The molecule has 10 heteroatoms. The zero-order valence-electron chi connectivity index (χ0n) is 20.2. The lowest BCUT2D eigenvalue weighted by Gasteiger charge is -2.41. The first-order chi connectivity index (χ1) is 16.8. The van der Waals surface area contributed by atoms with Gasteiger partial charge in [-0.3, -0.25) is 0 Å². The lowest BCUT2D eigenvalue weighted by molar-refractivity contribution is -0.166. The molecule has 0 amide bonds. The number of aliphatic hydroxyl groups is 2. The molecule has 35 heavy (non-hydrogen) atoms. The average Bonchev–Trinajstić information content (AvgIpc) is 3.51. The van der Waals surface area contributed by atoms with Crippen LogP contribution in [0.4, 0.5) is 0 Å². The topological polar surface area (TPSA) is 103 Å². The molecular weight excluding hydrogens is 492 g/mol. The molecule has 1 fully saturated rings. The van der Waals surface area contributed by atoms with Gasteiger partial charge in [0.2, 0.25) is 0 Å². The molecule has 1 aliphatic carbocycles. The first kappa shape index (κ1) is 25.7. The molecule has 2 heterocycles. The Labute approximate surface area is 214 Å². The van der Waals surface area contributed by atoms with E-state index in [-0.39, 0.29) is 29.6 Å². The summed E-state index contributed by atoms with van der Waals surface area (Å²) in [6.07, 6.45) is 6.92. The number of thioether (sulfide) groups is 1. The van der Waals surface area contributed by atoms with Crippen molar-refractivity contribution in [3.63, 3.8) is 0 Å². The Morgan fingerprint density at radius 2 is 1.97 bits per heavy atom. The minimum atomic E-state index is -0.808.